The third-order valence-electron chi connectivity index (χ3n) is 3.53. The Morgan fingerprint density at radius 1 is 1.19 bits per heavy atom. The number of carbonyl (C=O) groups is 1. The quantitative estimate of drug-likeness (QED) is 0.794. The van der Waals surface area contributed by atoms with Crippen molar-refractivity contribution in [2.75, 3.05) is 0 Å². The van der Waals surface area contributed by atoms with E-state index in [1.165, 1.54) is 28.8 Å². The molecule has 106 valence electrons. The zero-order valence-corrected chi connectivity index (χ0v) is 11.9. The smallest absolute Gasteiger partial charge is 0.335 e. The molecular formula is C17H15NO3. The maximum atomic E-state index is 11.0. The van der Waals surface area contributed by atoms with Crippen molar-refractivity contribution in [1.29, 1.82) is 0 Å². The highest BCUT2D eigenvalue weighted by Crippen LogP contribution is 2.21. The number of rotatable bonds is 3. The van der Waals surface area contributed by atoms with Crippen molar-refractivity contribution in [2.45, 2.75) is 20.3 Å². The normalized spacial score (nSPS) is 11.0. The number of carboxylic acid groups (broad SMARTS) is 1. The minimum atomic E-state index is -0.962. The van der Waals surface area contributed by atoms with Gasteiger partial charge in [0.1, 0.15) is 5.52 Å². The number of aromatic carboxylic acids is 1. The van der Waals surface area contributed by atoms with Gasteiger partial charge in [-0.1, -0.05) is 23.8 Å². The molecular weight excluding hydrogens is 266 g/mol. The molecule has 0 atom stereocenters. The van der Waals surface area contributed by atoms with E-state index in [-0.39, 0.29) is 5.56 Å². The summed E-state index contributed by atoms with van der Waals surface area (Å²) in [4.78, 5) is 15.4. The molecule has 0 fully saturated rings. The topological polar surface area (TPSA) is 63.3 Å². The Morgan fingerprint density at radius 3 is 2.76 bits per heavy atom. The van der Waals surface area contributed by atoms with Gasteiger partial charge in [0.2, 0.25) is 0 Å². The summed E-state index contributed by atoms with van der Waals surface area (Å²) < 4.78 is 5.70. The number of nitrogens with zero attached hydrogens (tertiary/aromatic N) is 1. The molecule has 4 nitrogen and oxygen atoms in total. The highest BCUT2D eigenvalue weighted by atomic mass is 16.4. The van der Waals surface area contributed by atoms with E-state index in [2.05, 4.69) is 30.1 Å². The van der Waals surface area contributed by atoms with E-state index >= 15 is 0 Å². The van der Waals surface area contributed by atoms with Gasteiger partial charge in [-0.2, -0.15) is 0 Å². The van der Waals surface area contributed by atoms with Gasteiger partial charge < -0.3 is 9.52 Å². The molecule has 0 aliphatic rings. The predicted octanol–water partition coefficient (Wildman–Crippen LogP) is 3.73. The van der Waals surface area contributed by atoms with Crippen LogP contribution in [0.2, 0.25) is 0 Å². The molecule has 0 saturated heterocycles. The summed E-state index contributed by atoms with van der Waals surface area (Å²) in [5.74, 6) is -0.364. The van der Waals surface area contributed by atoms with Crippen molar-refractivity contribution in [1.82, 2.24) is 4.98 Å². The van der Waals surface area contributed by atoms with Crippen molar-refractivity contribution in [3.63, 3.8) is 0 Å². The first-order valence-electron chi connectivity index (χ1n) is 6.72. The minimum absolute atomic E-state index is 0.217. The summed E-state index contributed by atoms with van der Waals surface area (Å²) >= 11 is 0. The summed E-state index contributed by atoms with van der Waals surface area (Å²) in [6.07, 6.45) is 0.602. The number of fused-ring (bicyclic) bond motifs is 1. The van der Waals surface area contributed by atoms with Gasteiger partial charge in [-0.25, -0.2) is 9.78 Å². The fourth-order valence-electron chi connectivity index (χ4n) is 2.34. The molecule has 3 rings (SSSR count). The fourth-order valence-corrected chi connectivity index (χ4v) is 2.34. The number of aryl methyl sites for hydroxylation is 2. The number of benzene rings is 2. The second kappa shape index (κ2) is 5.05. The number of hydrogen-bond acceptors (Lipinski definition) is 3. The van der Waals surface area contributed by atoms with Crippen molar-refractivity contribution in [2.24, 2.45) is 0 Å². The molecule has 1 heterocycles. The van der Waals surface area contributed by atoms with Gasteiger partial charge in [-0.15, -0.1) is 0 Å². The first-order chi connectivity index (χ1) is 10.0. The van der Waals surface area contributed by atoms with E-state index in [0.717, 1.165) is 0 Å². The average molecular weight is 281 g/mol. The highest BCUT2D eigenvalue weighted by molar-refractivity contribution is 5.91. The van der Waals surface area contributed by atoms with Crippen LogP contribution in [0.4, 0.5) is 0 Å². The lowest BCUT2D eigenvalue weighted by Crippen LogP contribution is -1.95. The fraction of sp³-hybridized carbons (Fsp3) is 0.176. The van der Waals surface area contributed by atoms with Crippen molar-refractivity contribution in [3.05, 3.63) is 64.5 Å². The van der Waals surface area contributed by atoms with Gasteiger partial charge in [0.15, 0.2) is 11.5 Å². The molecule has 1 N–H and O–H groups in total. The summed E-state index contributed by atoms with van der Waals surface area (Å²) in [7, 11) is 0. The second-order valence-electron chi connectivity index (χ2n) is 5.20. The molecule has 3 aromatic rings. The van der Waals surface area contributed by atoms with Crippen LogP contribution in [0.15, 0.2) is 40.8 Å². The van der Waals surface area contributed by atoms with E-state index in [1.807, 2.05) is 6.92 Å². The van der Waals surface area contributed by atoms with Gasteiger partial charge in [0.25, 0.3) is 0 Å². The lowest BCUT2D eigenvalue weighted by atomic mass is 10.0. The van der Waals surface area contributed by atoms with E-state index in [4.69, 9.17) is 9.52 Å². The molecule has 0 spiro atoms. The van der Waals surface area contributed by atoms with Crippen LogP contribution in [-0.2, 0) is 6.42 Å². The molecule has 21 heavy (non-hydrogen) atoms. The Hall–Kier alpha value is -2.62. The largest absolute Gasteiger partial charge is 0.478 e. The van der Waals surface area contributed by atoms with Gasteiger partial charge >= 0.3 is 5.97 Å². The lowest BCUT2D eigenvalue weighted by Gasteiger charge is -2.04. The van der Waals surface area contributed by atoms with Gasteiger partial charge in [0, 0.05) is 6.42 Å². The summed E-state index contributed by atoms with van der Waals surface area (Å²) in [5, 5.41) is 8.99. The van der Waals surface area contributed by atoms with E-state index < -0.39 is 5.97 Å². The monoisotopic (exact) mass is 281 g/mol. The van der Waals surface area contributed by atoms with Gasteiger partial charge in [-0.3, -0.25) is 0 Å². The standard InChI is InChI=1S/C17H15NO3/c1-10-3-4-11(2)13(7-10)9-16-18-14-8-12(17(19)20)5-6-15(14)21-16/h3-8H,9H2,1-2H3,(H,19,20). The highest BCUT2D eigenvalue weighted by Gasteiger charge is 2.11. The zero-order chi connectivity index (χ0) is 15.0. The molecule has 2 aromatic carbocycles. The number of hydrogen-bond donors (Lipinski definition) is 1. The molecule has 1 aromatic heterocycles. The Morgan fingerprint density at radius 2 is 2.00 bits per heavy atom. The summed E-state index contributed by atoms with van der Waals surface area (Å²) in [6.45, 7) is 4.11. The molecule has 0 unspecified atom stereocenters. The van der Waals surface area contributed by atoms with Gasteiger partial charge in [-0.05, 0) is 43.2 Å². The Kier molecular flexibility index (Phi) is 3.22. The first kappa shape index (κ1) is 13.4. The summed E-state index contributed by atoms with van der Waals surface area (Å²) in [6, 6.07) is 11.0. The van der Waals surface area contributed by atoms with Crippen LogP contribution in [0, 0.1) is 13.8 Å². The van der Waals surface area contributed by atoms with Crippen LogP contribution in [-0.4, -0.2) is 16.1 Å². The summed E-state index contributed by atoms with van der Waals surface area (Å²) in [5.41, 5.74) is 4.96. The molecule has 0 amide bonds. The van der Waals surface area contributed by atoms with E-state index in [0.29, 0.717) is 23.4 Å². The third-order valence-corrected chi connectivity index (χ3v) is 3.53. The minimum Gasteiger partial charge on any atom is -0.478 e. The molecule has 4 heteroatoms. The Bertz CT molecular complexity index is 833. The third kappa shape index (κ3) is 2.65. The first-order valence-corrected chi connectivity index (χ1v) is 6.72. The predicted molar refractivity (Wildman–Crippen MR) is 79.7 cm³/mol. The molecule has 0 aliphatic heterocycles. The van der Waals surface area contributed by atoms with Crippen molar-refractivity contribution in [3.8, 4) is 0 Å². The maximum Gasteiger partial charge on any atom is 0.335 e. The van der Waals surface area contributed by atoms with Crippen LogP contribution in [0.1, 0.15) is 32.9 Å². The number of carboxylic acids is 1. The molecule has 0 saturated carbocycles. The second-order valence-corrected chi connectivity index (χ2v) is 5.20. The molecule has 0 radical (unpaired) electrons. The van der Waals surface area contributed by atoms with E-state index in [1.54, 1.807) is 6.07 Å². The van der Waals surface area contributed by atoms with Crippen molar-refractivity contribution < 1.29 is 14.3 Å². The van der Waals surface area contributed by atoms with Gasteiger partial charge in [0.05, 0.1) is 5.56 Å². The zero-order valence-electron chi connectivity index (χ0n) is 11.9. The molecule has 0 bridgehead atoms. The van der Waals surface area contributed by atoms with Crippen molar-refractivity contribution >= 4 is 17.1 Å². The van der Waals surface area contributed by atoms with Crippen LogP contribution < -0.4 is 0 Å². The van der Waals surface area contributed by atoms with Crippen LogP contribution >= 0.6 is 0 Å². The average Bonchev–Trinajstić information content (AvgIpc) is 2.84. The lowest BCUT2D eigenvalue weighted by molar-refractivity contribution is 0.0697. The SMILES string of the molecule is Cc1ccc(C)c(Cc2nc3cc(C(=O)O)ccc3o2)c1. The number of aromatic nitrogens is 1. The van der Waals surface area contributed by atoms with Crippen LogP contribution in [0.3, 0.4) is 0 Å². The maximum absolute atomic E-state index is 11.0. The van der Waals surface area contributed by atoms with Crippen LogP contribution in [0.25, 0.3) is 11.1 Å². The van der Waals surface area contributed by atoms with E-state index in [9.17, 15) is 4.79 Å². The Labute approximate surface area is 122 Å². The number of oxazole rings is 1. The molecule has 0 aliphatic carbocycles. The van der Waals surface area contributed by atoms with Crippen LogP contribution in [0.5, 0.6) is 0 Å². The Balaban J connectivity index is 1.97.